The minimum Gasteiger partial charge on any atom is -0.494 e. The van der Waals surface area contributed by atoms with E-state index in [2.05, 4.69) is 5.32 Å². The van der Waals surface area contributed by atoms with E-state index >= 15 is 0 Å². The maximum atomic E-state index is 13.3. The van der Waals surface area contributed by atoms with E-state index in [0.29, 0.717) is 25.3 Å². The number of ether oxygens (including phenoxy) is 1. The van der Waals surface area contributed by atoms with Crippen LogP contribution in [0.3, 0.4) is 0 Å². The second-order valence-corrected chi connectivity index (χ2v) is 5.58. The topological polar surface area (TPSA) is 41.6 Å². The van der Waals surface area contributed by atoms with Gasteiger partial charge in [-0.3, -0.25) is 4.79 Å². The van der Waals surface area contributed by atoms with Gasteiger partial charge in [0.15, 0.2) is 0 Å². The van der Waals surface area contributed by atoms with E-state index < -0.39 is 0 Å². The molecule has 2 aromatic carbocycles. The molecule has 1 amide bonds. The maximum Gasteiger partial charge on any atom is 0.246 e. The number of halogens is 1. The van der Waals surface area contributed by atoms with Gasteiger partial charge in [0.2, 0.25) is 5.91 Å². The van der Waals surface area contributed by atoms with Gasteiger partial charge >= 0.3 is 0 Å². The van der Waals surface area contributed by atoms with Crippen molar-refractivity contribution in [1.82, 2.24) is 0 Å². The van der Waals surface area contributed by atoms with E-state index in [-0.39, 0.29) is 18.3 Å². The average molecular weight is 314 g/mol. The van der Waals surface area contributed by atoms with Crippen molar-refractivity contribution >= 4 is 17.3 Å². The standard InChI is InChI=1S/C18H19FN2O2/c1-13-4-2-5-15(10-13)23-9-3-8-21-17-7-6-14(19)11-16(17)20-12-18(21)22/h2,4-7,10-11,20H,3,8-9,12H2,1H3. The molecule has 0 spiro atoms. The fourth-order valence-corrected chi connectivity index (χ4v) is 2.65. The predicted molar refractivity (Wildman–Crippen MR) is 88.5 cm³/mol. The molecule has 2 aromatic rings. The number of nitrogens with one attached hydrogen (secondary N) is 1. The SMILES string of the molecule is Cc1cccc(OCCCN2C(=O)CNc3cc(F)ccc32)c1. The molecule has 120 valence electrons. The Balaban J connectivity index is 1.59. The minimum absolute atomic E-state index is 0.0142. The first kappa shape index (κ1) is 15.3. The lowest BCUT2D eigenvalue weighted by molar-refractivity contribution is -0.117. The van der Waals surface area contributed by atoms with Crippen LogP contribution >= 0.6 is 0 Å². The van der Waals surface area contributed by atoms with E-state index in [4.69, 9.17) is 4.74 Å². The highest BCUT2D eigenvalue weighted by molar-refractivity contribution is 6.02. The number of amides is 1. The van der Waals surface area contributed by atoms with Crippen molar-refractivity contribution in [3.63, 3.8) is 0 Å². The molecule has 23 heavy (non-hydrogen) atoms. The molecule has 1 aliphatic heterocycles. The van der Waals surface area contributed by atoms with Crippen molar-refractivity contribution in [2.45, 2.75) is 13.3 Å². The highest BCUT2D eigenvalue weighted by atomic mass is 19.1. The molecule has 3 rings (SSSR count). The maximum absolute atomic E-state index is 13.3. The van der Waals surface area contributed by atoms with Gasteiger partial charge in [-0.05, 0) is 49.2 Å². The summed E-state index contributed by atoms with van der Waals surface area (Å²) >= 11 is 0. The summed E-state index contributed by atoms with van der Waals surface area (Å²) in [6, 6.07) is 12.3. The van der Waals surface area contributed by atoms with Gasteiger partial charge in [-0.2, -0.15) is 0 Å². The third-order valence-corrected chi connectivity index (χ3v) is 3.76. The van der Waals surface area contributed by atoms with Gasteiger partial charge in [0, 0.05) is 6.54 Å². The van der Waals surface area contributed by atoms with Gasteiger partial charge < -0.3 is 15.0 Å². The number of hydrogen-bond donors (Lipinski definition) is 1. The molecule has 0 fully saturated rings. The van der Waals surface area contributed by atoms with Crippen molar-refractivity contribution < 1.29 is 13.9 Å². The molecule has 0 atom stereocenters. The lowest BCUT2D eigenvalue weighted by Crippen LogP contribution is -2.40. The van der Waals surface area contributed by atoms with Crippen LogP contribution in [0.25, 0.3) is 0 Å². The van der Waals surface area contributed by atoms with Crippen molar-refractivity contribution in [3.05, 3.63) is 53.8 Å². The molecule has 0 saturated carbocycles. The number of aryl methyl sites for hydroxylation is 1. The molecular weight excluding hydrogens is 295 g/mol. The summed E-state index contributed by atoms with van der Waals surface area (Å²) in [5.41, 5.74) is 2.53. The molecule has 5 heteroatoms. The van der Waals surface area contributed by atoms with E-state index in [1.165, 1.54) is 12.1 Å². The monoisotopic (exact) mass is 314 g/mol. The number of benzene rings is 2. The quantitative estimate of drug-likeness (QED) is 0.861. The first-order chi connectivity index (χ1) is 11.1. The highest BCUT2D eigenvalue weighted by Gasteiger charge is 2.23. The van der Waals surface area contributed by atoms with Gasteiger partial charge in [0.1, 0.15) is 11.6 Å². The Bertz CT molecular complexity index is 718. The van der Waals surface area contributed by atoms with Gasteiger partial charge in [0.25, 0.3) is 0 Å². The van der Waals surface area contributed by atoms with Crippen LogP contribution in [-0.2, 0) is 4.79 Å². The largest absolute Gasteiger partial charge is 0.494 e. The second kappa shape index (κ2) is 6.69. The highest BCUT2D eigenvalue weighted by Crippen LogP contribution is 2.30. The molecule has 0 radical (unpaired) electrons. The Hall–Kier alpha value is -2.56. The van der Waals surface area contributed by atoms with Gasteiger partial charge in [-0.15, -0.1) is 0 Å². The van der Waals surface area contributed by atoms with Crippen molar-refractivity contribution in [3.8, 4) is 5.75 Å². The van der Waals surface area contributed by atoms with Crippen molar-refractivity contribution in [1.29, 1.82) is 0 Å². The molecule has 0 saturated heterocycles. The number of carbonyl (C=O) groups excluding carboxylic acids is 1. The third kappa shape index (κ3) is 3.62. The Morgan fingerprint density at radius 2 is 2.13 bits per heavy atom. The Labute approximate surface area is 134 Å². The van der Waals surface area contributed by atoms with Crippen LogP contribution in [0.2, 0.25) is 0 Å². The first-order valence-corrected chi connectivity index (χ1v) is 7.67. The van der Waals surface area contributed by atoms with Crippen LogP contribution in [0.4, 0.5) is 15.8 Å². The average Bonchev–Trinajstić information content (AvgIpc) is 2.53. The Kier molecular flexibility index (Phi) is 4.46. The minimum atomic E-state index is -0.312. The molecule has 0 aromatic heterocycles. The zero-order chi connectivity index (χ0) is 16.2. The van der Waals surface area contributed by atoms with E-state index in [1.807, 2.05) is 31.2 Å². The van der Waals surface area contributed by atoms with Crippen LogP contribution in [0.15, 0.2) is 42.5 Å². The van der Waals surface area contributed by atoms with E-state index in [0.717, 1.165) is 17.0 Å². The second-order valence-electron chi connectivity index (χ2n) is 5.58. The lowest BCUT2D eigenvalue weighted by Gasteiger charge is -2.30. The number of hydrogen-bond acceptors (Lipinski definition) is 3. The molecule has 1 heterocycles. The van der Waals surface area contributed by atoms with Crippen LogP contribution in [0, 0.1) is 12.7 Å². The summed E-state index contributed by atoms with van der Waals surface area (Å²) in [7, 11) is 0. The molecule has 0 bridgehead atoms. The smallest absolute Gasteiger partial charge is 0.246 e. The van der Waals surface area contributed by atoms with Gasteiger partial charge in [0.05, 0.1) is 24.5 Å². The molecular formula is C18H19FN2O2. The summed E-state index contributed by atoms with van der Waals surface area (Å²) in [4.78, 5) is 13.8. The normalized spacial score (nSPS) is 13.5. The van der Waals surface area contributed by atoms with Gasteiger partial charge in [-0.1, -0.05) is 12.1 Å². The number of rotatable bonds is 5. The lowest BCUT2D eigenvalue weighted by atomic mass is 10.2. The van der Waals surface area contributed by atoms with Crippen molar-refractivity contribution in [2.75, 3.05) is 29.9 Å². The zero-order valence-electron chi connectivity index (χ0n) is 13.0. The van der Waals surface area contributed by atoms with E-state index in [1.54, 1.807) is 11.0 Å². The van der Waals surface area contributed by atoms with Crippen LogP contribution in [0.1, 0.15) is 12.0 Å². The number of carbonyl (C=O) groups is 1. The number of anilines is 2. The Morgan fingerprint density at radius 3 is 2.96 bits per heavy atom. The molecule has 0 unspecified atom stereocenters. The first-order valence-electron chi connectivity index (χ1n) is 7.67. The van der Waals surface area contributed by atoms with Crippen molar-refractivity contribution in [2.24, 2.45) is 0 Å². The number of fused-ring (bicyclic) bond motifs is 1. The van der Waals surface area contributed by atoms with Crippen LogP contribution in [-0.4, -0.2) is 25.6 Å². The fourth-order valence-electron chi connectivity index (χ4n) is 2.65. The molecule has 1 aliphatic rings. The fraction of sp³-hybridized carbons (Fsp3) is 0.278. The Morgan fingerprint density at radius 1 is 1.26 bits per heavy atom. The summed E-state index contributed by atoms with van der Waals surface area (Å²) in [5.74, 6) is 0.507. The number of nitrogens with zero attached hydrogens (tertiary/aromatic N) is 1. The predicted octanol–water partition coefficient (Wildman–Crippen LogP) is 3.36. The molecule has 4 nitrogen and oxygen atoms in total. The summed E-state index contributed by atoms with van der Waals surface area (Å²) in [6.07, 6.45) is 0.705. The summed E-state index contributed by atoms with van der Waals surface area (Å²) in [6.45, 7) is 3.28. The molecule has 0 aliphatic carbocycles. The van der Waals surface area contributed by atoms with E-state index in [9.17, 15) is 9.18 Å². The van der Waals surface area contributed by atoms with Gasteiger partial charge in [-0.25, -0.2) is 4.39 Å². The van der Waals surface area contributed by atoms with Crippen LogP contribution < -0.4 is 15.0 Å². The third-order valence-electron chi connectivity index (χ3n) is 3.76. The summed E-state index contributed by atoms with van der Waals surface area (Å²) in [5, 5.41) is 2.94. The molecule has 1 N–H and O–H groups in total. The zero-order valence-corrected chi connectivity index (χ0v) is 13.0. The summed E-state index contributed by atoms with van der Waals surface area (Å²) < 4.78 is 19.0. The van der Waals surface area contributed by atoms with Crippen LogP contribution in [0.5, 0.6) is 5.75 Å².